The average Bonchev–Trinajstić information content (AvgIpc) is 3.46. The first kappa shape index (κ1) is 76.7. The molecule has 35 heavy (non-hydrogen) atoms. The smallest absolute Gasteiger partial charge is 0 e. The van der Waals surface area contributed by atoms with Gasteiger partial charge < -0.3 is 0 Å². The van der Waals surface area contributed by atoms with Crippen LogP contribution in [0.15, 0.2) is 72.9 Å². The number of hydrogen-bond donors (Lipinski definition) is 0. The topological polar surface area (TPSA) is 179 Å². The number of allylic oxidation sites excluding steroid dienone is 12. The second kappa shape index (κ2) is 219. The van der Waals surface area contributed by atoms with Crippen molar-refractivity contribution < 1.29 is 93.1 Å². The summed E-state index contributed by atoms with van der Waals surface area (Å²) in [4.78, 5) is 0. The summed E-state index contributed by atoms with van der Waals surface area (Å²) in [5.41, 5.74) is 0. The quantitative estimate of drug-likeness (QED) is 0.222. The van der Waals surface area contributed by atoms with Crippen molar-refractivity contribution in [3.05, 3.63) is 133 Å². The van der Waals surface area contributed by atoms with Gasteiger partial charge in [0, 0.05) is 51.2 Å². The third kappa shape index (κ3) is 205. The molecule has 0 atom stereocenters. The second-order valence-corrected chi connectivity index (χ2v) is 2.95. The molecular weight excluding hydrogens is 588 g/mol. The molecule has 2 aliphatic carbocycles. The molecule has 9 nitrogen and oxygen atoms in total. The standard InChI is InChI=1S/2C7H8.9CO.3Fe/c2*1-2-4-6-7-5-3-1;9*1-2;;;/h2*1-6H,7H2;;;;;;;;;;;;. The van der Waals surface area contributed by atoms with Gasteiger partial charge in [0.2, 0.25) is 0 Å². The summed E-state index contributed by atoms with van der Waals surface area (Å²) in [6.45, 7) is 40.5. The van der Waals surface area contributed by atoms with Gasteiger partial charge in [0.25, 0.3) is 0 Å². The van der Waals surface area contributed by atoms with Crippen LogP contribution in [-0.2, 0) is 93.1 Å². The van der Waals surface area contributed by atoms with E-state index in [0.29, 0.717) is 0 Å². The Kier molecular flexibility index (Phi) is 480. The zero-order chi connectivity index (χ0) is 27.9. The molecule has 0 radical (unpaired) electrons. The van der Waals surface area contributed by atoms with E-state index in [1.54, 1.807) is 0 Å². The van der Waals surface area contributed by atoms with Gasteiger partial charge in [0.05, 0.1) is 0 Å². The molecule has 0 saturated carbocycles. The Labute approximate surface area is 237 Å². The van der Waals surface area contributed by atoms with E-state index in [-0.39, 0.29) is 51.2 Å². The van der Waals surface area contributed by atoms with Gasteiger partial charge in [-0.2, -0.15) is 0 Å². The van der Waals surface area contributed by atoms with Crippen molar-refractivity contribution >= 4 is 0 Å². The fraction of sp³-hybridized carbons (Fsp3) is 0.0870. The van der Waals surface area contributed by atoms with Crippen molar-refractivity contribution in [2.24, 2.45) is 0 Å². The predicted molar refractivity (Wildman–Crippen MR) is 99.4 cm³/mol. The normalized spacial score (nSPS) is 7.37. The van der Waals surface area contributed by atoms with Gasteiger partial charge >= 0.3 is 102 Å². The van der Waals surface area contributed by atoms with Crippen LogP contribution in [0.25, 0.3) is 0 Å². The van der Waals surface area contributed by atoms with Crippen LogP contribution in [0.5, 0.6) is 0 Å². The van der Waals surface area contributed by atoms with Crippen molar-refractivity contribution in [1.82, 2.24) is 0 Å². The van der Waals surface area contributed by atoms with E-state index >= 15 is 0 Å². The van der Waals surface area contributed by atoms with Gasteiger partial charge in [0.15, 0.2) is 0 Å². The molecule has 0 saturated heterocycles. The van der Waals surface area contributed by atoms with E-state index in [9.17, 15) is 0 Å². The molecule has 2 rings (SSSR count). The molecule has 0 aliphatic heterocycles. The number of hydrogen-bond acceptors (Lipinski definition) is 0. The first-order valence-corrected chi connectivity index (χ1v) is 6.80. The van der Waals surface area contributed by atoms with Crippen LogP contribution >= 0.6 is 0 Å². The molecule has 0 aromatic heterocycles. The summed E-state index contributed by atoms with van der Waals surface area (Å²) in [7, 11) is 0. The first-order valence-electron chi connectivity index (χ1n) is 6.80. The monoisotopic (exact) mass is 604 g/mol. The Balaban J connectivity index is -0.0000000178. The van der Waals surface area contributed by atoms with Crippen LogP contribution in [0.2, 0.25) is 0 Å². The molecule has 0 N–H and O–H groups in total. The largest absolute Gasteiger partial charge is 0 e. The summed E-state index contributed by atoms with van der Waals surface area (Å²) in [6.07, 6.45) is 27.0. The SMILES string of the molecule is C1=CC=CCC=C1.C1=CC=CCC=C1.[C-]#[O+].[C-]#[O+].[C-]#[O+].[C-]#[O+].[C-]#[O+].[C-]#[O+].[C-]#[O+].[C-]#[O+].[C-]#[O+].[Fe].[Fe].[Fe]. The molecule has 2 aliphatic rings. The Morgan fingerprint density at radius 3 is 0.486 bits per heavy atom. The van der Waals surface area contributed by atoms with Gasteiger partial charge in [-0.05, 0) is 12.8 Å². The van der Waals surface area contributed by atoms with E-state index in [1.807, 2.05) is 24.3 Å². The van der Waals surface area contributed by atoms with Crippen molar-refractivity contribution in [3.8, 4) is 0 Å². The average molecular weight is 604 g/mol. The van der Waals surface area contributed by atoms with Crippen LogP contribution in [0, 0.1) is 59.9 Å². The van der Waals surface area contributed by atoms with Gasteiger partial charge in [-0.25, -0.2) is 0 Å². The first-order chi connectivity index (χ1) is 16.0. The number of rotatable bonds is 0. The summed E-state index contributed by atoms with van der Waals surface area (Å²) in [6, 6.07) is 0. The zero-order valence-electron chi connectivity index (χ0n) is 17.6. The Morgan fingerprint density at radius 2 is 0.371 bits per heavy atom. The van der Waals surface area contributed by atoms with Crippen LogP contribution < -0.4 is 0 Å². The Hall–Kier alpha value is -2.34. The van der Waals surface area contributed by atoms with E-state index in [2.05, 4.69) is 108 Å². The fourth-order valence-corrected chi connectivity index (χ4v) is 1.04. The minimum atomic E-state index is 0. The van der Waals surface area contributed by atoms with Crippen molar-refractivity contribution in [1.29, 1.82) is 0 Å². The van der Waals surface area contributed by atoms with Gasteiger partial charge in [-0.3, -0.25) is 0 Å². The van der Waals surface area contributed by atoms with Crippen LogP contribution in [0.3, 0.4) is 0 Å². The summed E-state index contributed by atoms with van der Waals surface area (Å²) in [5, 5.41) is 0. The molecule has 186 valence electrons. The van der Waals surface area contributed by atoms with E-state index < -0.39 is 0 Å². The summed E-state index contributed by atoms with van der Waals surface area (Å²) >= 11 is 0. The molecule has 0 unspecified atom stereocenters. The Bertz CT molecular complexity index is 524. The third-order valence-electron chi connectivity index (χ3n) is 1.76. The summed E-state index contributed by atoms with van der Waals surface area (Å²) in [5.74, 6) is 0. The molecule has 0 aromatic rings. The molecule has 0 heterocycles. The van der Waals surface area contributed by atoms with E-state index in [0.717, 1.165) is 12.8 Å². The molecular formula is C23H16Fe3O9. The molecule has 12 heteroatoms. The maximum Gasteiger partial charge on any atom is 0 e. The van der Waals surface area contributed by atoms with Crippen LogP contribution in [-0.4, -0.2) is 0 Å². The van der Waals surface area contributed by atoms with E-state index in [4.69, 9.17) is 41.9 Å². The van der Waals surface area contributed by atoms with E-state index in [1.165, 1.54) is 0 Å². The van der Waals surface area contributed by atoms with Crippen LogP contribution in [0.4, 0.5) is 0 Å². The summed E-state index contributed by atoms with van der Waals surface area (Å²) < 4.78 is 67.5. The van der Waals surface area contributed by atoms with Crippen molar-refractivity contribution in [3.63, 3.8) is 0 Å². The van der Waals surface area contributed by atoms with Crippen molar-refractivity contribution in [2.75, 3.05) is 0 Å². The maximum absolute atomic E-state index is 7.50. The third-order valence-corrected chi connectivity index (χ3v) is 1.76. The fourth-order valence-electron chi connectivity index (χ4n) is 1.04. The van der Waals surface area contributed by atoms with Crippen LogP contribution in [0.1, 0.15) is 12.8 Å². The minimum Gasteiger partial charge on any atom is 0 e. The molecule has 0 spiro atoms. The van der Waals surface area contributed by atoms with Crippen molar-refractivity contribution in [2.45, 2.75) is 12.8 Å². The maximum atomic E-state index is 7.50. The Morgan fingerprint density at radius 1 is 0.257 bits per heavy atom. The predicted octanol–water partition coefficient (Wildman–Crippen LogP) is 3.77. The minimum absolute atomic E-state index is 0. The second-order valence-electron chi connectivity index (χ2n) is 2.95. The zero-order valence-corrected chi connectivity index (χ0v) is 20.9. The van der Waals surface area contributed by atoms with Gasteiger partial charge in [-0.1, -0.05) is 72.9 Å². The molecule has 0 aromatic carbocycles. The molecule has 0 bridgehead atoms. The van der Waals surface area contributed by atoms with Gasteiger partial charge in [-0.15, -0.1) is 0 Å². The molecule has 0 fully saturated rings. The molecule has 0 amide bonds. The van der Waals surface area contributed by atoms with Gasteiger partial charge in [0.1, 0.15) is 0 Å².